The number of fused-ring (bicyclic) bond motifs is 1. The van der Waals surface area contributed by atoms with Crippen LogP contribution in [0.2, 0.25) is 10.0 Å². The molecule has 0 saturated heterocycles. The van der Waals surface area contributed by atoms with E-state index >= 15 is 0 Å². The van der Waals surface area contributed by atoms with E-state index in [4.69, 9.17) is 43.5 Å². The predicted molar refractivity (Wildman–Crippen MR) is 234 cm³/mol. The first-order valence-electron chi connectivity index (χ1n) is 18.4. The molecule has 0 atom stereocenters. The SMILES string of the molecule is CC(C)O.Cc1cc2ncc(C#N)c(Nc3ccc(Oc4ncccc4C)cc3Cl)c2cc1NC(=O)CCCN(C)C.Cc1cccnc1Oc1ccc(N)c(Cl)c1. The summed E-state index contributed by atoms with van der Waals surface area (Å²) < 4.78 is 11.5. The quantitative estimate of drug-likeness (QED) is 0.0917. The fraction of sp³-hybridized carbons (Fsp3) is 0.250. The number of hydrogen-bond acceptors (Lipinski definition) is 11. The lowest BCUT2D eigenvalue weighted by molar-refractivity contribution is -0.116. The number of nitriles is 1. The molecule has 5 N–H and O–H groups in total. The van der Waals surface area contributed by atoms with Gasteiger partial charge in [0.2, 0.25) is 17.7 Å². The summed E-state index contributed by atoms with van der Waals surface area (Å²) >= 11 is 12.5. The standard InChI is InChI=1S/C29H29ClN6O2.C12H11ClN2O.C3H8O/c1-18-7-5-11-32-29(18)38-21-9-10-24(23(30)14-21)35-28-20(16-31)17-33-26-13-19(2)25(15-22(26)28)34-27(37)8-6-12-36(3)4;1-8-3-2-6-15-12(8)16-9-4-5-11(14)10(13)7-9;1-3(2)4/h5,7,9-11,13-15,17H,6,8,12H2,1-4H3,(H,33,35)(H,34,37);2-7H,14H2,1H3;3-4H,1-2H3. The average molecular weight is 824 g/mol. The number of pyridine rings is 3. The van der Waals surface area contributed by atoms with Crippen molar-refractivity contribution in [2.24, 2.45) is 0 Å². The van der Waals surface area contributed by atoms with E-state index in [2.05, 4.69) is 31.7 Å². The molecule has 0 saturated carbocycles. The number of aryl methyl sites for hydroxylation is 3. The zero-order chi connectivity index (χ0) is 42.4. The molecule has 6 aromatic rings. The lowest BCUT2D eigenvalue weighted by atomic mass is 10.0. The van der Waals surface area contributed by atoms with Crippen molar-refractivity contribution < 1.29 is 19.4 Å². The third-order valence-electron chi connectivity index (χ3n) is 8.14. The molecule has 0 spiro atoms. The molecule has 0 fully saturated rings. The third kappa shape index (κ3) is 13.3. The molecule has 0 aliphatic carbocycles. The highest BCUT2D eigenvalue weighted by Crippen LogP contribution is 2.37. The van der Waals surface area contributed by atoms with Crippen molar-refractivity contribution in [1.29, 1.82) is 5.26 Å². The van der Waals surface area contributed by atoms with E-state index in [1.165, 1.54) is 6.20 Å². The maximum atomic E-state index is 12.6. The van der Waals surface area contributed by atoms with Crippen LogP contribution in [0.3, 0.4) is 0 Å². The van der Waals surface area contributed by atoms with Gasteiger partial charge in [-0.15, -0.1) is 0 Å². The number of nitrogens with one attached hydrogen (secondary N) is 2. The Morgan fingerprint density at radius 2 is 1.45 bits per heavy atom. The van der Waals surface area contributed by atoms with E-state index in [1.807, 2.05) is 76.2 Å². The molecule has 1 amide bonds. The van der Waals surface area contributed by atoms with Crippen LogP contribution in [0.25, 0.3) is 10.9 Å². The molecule has 3 heterocycles. The smallest absolute Gasteiger partial charge is 0.224 e. The number of aliphatic hydroxyl groups excluding tert-OH is 1. The van der Waals surface area contributed by atoms with Crippen LogP contribution in [0.1, 0.15) is 48.9 Å². The Kier molecular flexibility index (Phi) is 16.6. The van der Waals surface area contributed by atoms with Crippen LogP contribution in [-0.2, 0) is 4.79 Å². The zero-order valence-electron chi connectivity index (χ0n) is 33.6. The Morgan fingerprint density at radius 1 is 0.862 bits per heavy atom. The number of benzene rings is 3. The Labute approximate surface area is 349 Å². The normalized spacial score (nSPS) is 10.5. The lowest BCUT2D eigenvalue weighted by Gasteiger charge is -2.16. The third-order valence-corrected chi connectivity index (χ3v) is 8.78. The van der Waals surface area contributed by atoms with Gasteiger partial charge in [0.15, 0.2) is 0 Å². The fourth-order valence-corrected chi connectivity index (χ4v) is 5.60. The van der Waals surface area contributed by atoms with Gasteiger partial charge in [0.25, 0.3) is 0 Å². The van der Waals surface area contributed by atoms with Crippen molar-refractivity contribution in [3.8, 4) is 29.3 Å². The maximum Gasteiger partial charge on any atom is 0.224 e. The highest BCUT2D eigenvalue weighted by atomic mass is 35.5. The van der Waals surface area contributed by atoms with Gasteiger partial charge in [-0.3, -0.25) is 9.78 Å². The summed E-state index contributed by atoms with van der Waals surface area (Å²) in [6.07, 6.45) is 5.88. The fourth-order valence-electron chi connectivity index (χ4n) is 5.21. The van der Waals surface area contributed by atoms with Gasteiger partial charge in [0, 0.05) is 65.4 Å². The zero-order valence-corrected chi connectivity index (χ0v) is 35.1. The van der Waals surface area contributed by atoms with Crippen molar-refractivity contribution in [1.82, 2.24) is 19.9 Å². The highest BCUT2D eigenvalue weighted by molar-refractivity contribution is 6.33. The summed E-state index contributed by atoms with van der Waals surface area (Å²) in [4.78, 5) is 27.4. The minimum atomic E-state index is -0.167. The van der Waals surface area contributed by atoms with E-state index in [1.54, 1.807) is 62.6 Å². The molecule has 3 aromatic carbocycles. The van der Waals surface area contributed by atoms with Gasteiger partial charge in [-0.25, -0.2) is 9.97 Å². The minimum Gasteiger partial charge on any atom is -0.439 e. The van der Waals surface area contributed by atoms with E-state index in [-0.39, 0.29) is 12.0 Å². The molecular weight excluding hydrogens is 775 g/mol. The Bertz CT molecular complexity index is 2380. The number of carbonyl (C=O) groups excluding carboxylic acids is 1. The molecule has 12 nitrogen and oxygen atoms in total. The van der Waals surface area contributed by atoms with Gasteiger partial charge in [-0.2, -0.15) is 5.26 Å². The largest absolute Gasteiger partial charge is 0.439 e. The number of aliphatic hydroxyl groups is 1. The molecule has 0 aliphatic rings. The number of hydrogen-bond donors (Lipinski definition) is 4. The first-order chi connectivity index (χ1) is 27.6. The Morgan fingerprint density at radius 3 is 1.98 bits per heavy atom. The van der Waals surface area contributed by atoms with Crippen LogP contribution < -0.4 is 25.8 Å². The summed E-state index contributed by atoms with van der Waals surface area (Å²) in [7, 11) is 3.96. The number of nitrogen functional groups attached to an aromatic ring is 1. The number of aromatic nitrogens is 3. The minimum absolute atomic E-state index is 0.0602. The number of carbonyl (C=O) groups is 1. The van der Waals surface area contributed by atoms with E-state index in [0.717, 1.165) is 29.7 Å². The van der Waals surface area contributed by atoms with Crippen LogP contribution in [0.5, 0.6) is 23.3 Å². The van der Waals surface area contributed by atoms with Crippen LogP contribution >= 0.6 is 23.2 Å². The van der Waals surface area contributed by atoms with Crippen LogP contribution in [0.15, 0.2) is 91.4 Å². The second kappa shape index (κ2) is 21.5. The number of nitrogens with two attached hydrogens (primary N) is 1. The number of amides is 1. The van der Waals surface area contributed by atoms with Gasteiger partial charge < -0.3 is 35.8 Å². The van der Waals surface area contributed by atoms with E-state index in [0.29, 0.717) is 78.9 Å². The Hall–Kier alpha value is -5.97. The summed E-state index contributed by atoms with van der Waals surface area (Å²) in [5.74, 6) is 2.18. The molecular formula is C44H48Cl2N8O4. The maximum absolute atomic E-state index is 12.6. The van der Waals surface area contributed by atoms with Crippen LogP contribution in [0.4, 0.5) is 22.7 Å². The van der Waals surface area contributed by atoms with Gasteiger partial charge in [0.05, 0.1) is 38.2 Å². The van der Waals surface area contributed by atoms with Gasteiger partial charge in [-0.05, 0) is 116 Å². The topological polar surface area (TPSA) is 172 Å². The second-order valence-corrected chi connectivity index (χ2v) is 14.6. The van der Waals surface area contributed by atoms with E-state index < -0.39 is 0 Å². The summed E-state index contributed by atoms with van der Waals surface area (Å²) in [6.45, 7) is 10.0. The molecule has 6 rings (SSSR count). The molecule has 3 aromatic heterocycles. The summed E-state index contributed by atoms with van der Waals surface area (Å²) in [5.41, 5.74) is 11.8. The summed E-state index contributed by atoms with van der Waals surface area (Å²) in [5, 5.41) is 25.7. The Balaban J connectivity index is 0.000000306. The summed E-state index contributed by atoms with van der Waals surface area (Å²) in [6, 6.07) is 23.9. The molecule has 0 aliphatic heterocycles. The average Bonchev–Trinajstić information content (AvgIpc) is 3.16. The second-order valence-electron chi connectivity index (χ2n) is 13.8. The molecule has 0 unspecified atom stereocenters. The van der Waals surface area contributed by atoms with Crippen LogP contribution in [-0.4, -0.2) is 57.6 Å². The van der Waals surface area contributed by atoms with Crippen molar-refractivity contribution in [3.63, 3.8) is 0 Å². The first-order valence-corrected chi connectivity index (χ1v) is 19.2. The molecule has 0 radical (unpaired) electrons. The molecule has 58 heavy (non-hydrogen) atoms. The number of halogens is 2. The predicted octanol–water partition coefficient (Wildman–Crippen LogP) is 10.4. The number of nitrogens with zero attached hydrogens (tertiary/aromatic N) is 5. The molecule has 14 heteroatoms. The lowest BCUT2D eigenvalue weighted by Crippen LogP contribution is -2.17. The van der Waals surface area contributed by atoms with Crippen molar-refractivity contribution in [3.05, 3.63) is 124 Å². The van der Waals surface area contributed by atoms with Gasteiger partial charge in [0.1, 0.15) is 17.6 Å². The van der Waals surface area contributed by atoms with E-state index in [9.17, 15) is 10.1 Å². The van der Waals surface area contributed by atoms with Crippen molar-refractivity contribution >= 4 is 62.8 Å². The van der Waals surface area contributed by atoms with Crippen molar-refractivity contribution in [2.75, 3.05) is 37.0 Å². The van der Waals surface area contributed by atoms with Crippen LogP contribution in [0, 0.1) is 32.1 Å². The first kappa shape index (κ1) is 44.7. The van der Waals surface area contributed by atoms with Gasteiger partial charge in [-0.1, -0.05) is 35.3 Å². The number of anilines is 4. The molecule has 0 bridgehead atoms. The highest BCUT2D eigenvalue weighted by Gasteiger charge is 2.15. The number of ether oxygens (including phenoxy) is 2. The number of rotatable bonds is 11. The molecule has 302 valence electrons. The van der Waals surface area contributed by atoms with Gasteiger partial charge >= 0.3 is 0 Å². The monoisotopic (exact) mass is 822 g/mol. The van der Waals surface area contributed by atoms with Crippen molar-refractivity contribution in [2.45, 2.75) is 53.6 Å².